The van der Waals surface area contributed by atoms with Crippen LogP contribution in [0.4, 0.5) is 11.4 Å². The van der Waals surface area contributed by atoms with Gasteiger partial charge in [-0.15, -0.1) is 0 Å². The Bertz CT molecular complexity index is 1740. The van der Waals surface area contributed by atoms with E-state index in [1.54, 1.807) is 18.2 Å². The van der Waals surface area contributed by atoms with Crippen LogP contribution in [0.3, 0.4) is 0 Å². The van der Waals surface area contributed by atoms with Gasteiger partial charge in [-0.3, -0.25) is 24.0 Å². The monoisotopic (exact) mass is 692 g/mol. The predicted molar refractivity (Wildman–Crippen MR) is 176 cm³/mol. The molecule has 10 nitrogen and oxygen atoms in total. The van der Waals surface area contributed by atoms with Crippen LogP contribution in [-0.4, -0.2) is 48.7 Å². The van der Waals surface area contributed by atoms with E-state index >= 15 is 0 Å². The maximum atomic E-state index is 14.4. The number of hydrogen-bond donors (Lipinski definition) is 1. The first-order valence-corrected chi connectivity index (χ1v) is 16.4. The van der Waals surface area contributed by atoms with Crippen LogP contribution in [0.5, 0.6) is 0 Å². The Morgan fingerprint density at radius 1 is 0.867 bits per heavy atom. The standard InChI is InChI=1S/C33H33BrN4O6S/c1-24(2)35-33(40)31(20-25-10-5-3-6-11-25)36(22-26-16-18-27(34)19-17-26)32(39)23-37(28-12-9-13-29(21-28)38(41)42)45(43,44)30-14-7-4-8-15-30/h3-19,21,24,31H,20,22-23H2,1-2H3,(H,35,40)/t31-/m1/s1. The van der Waals surface area contributed by atoms with Crippen molar-refractivity contribution in [1.29, 1.82) is 0 Å². The Morgan fingerprint density at radius 3 is 2.09 bits per heavy atom. The highest BCUT2D eigenvalue weighted by Gasteiger charge is 2.35. The van der Waals surface area contributed by atoms with E-state index in [2.05, 4.69) is 21.2 Å². The van der Waals surface area contributed by atoms with Gasteiger partial charge in [0.2, 0.25) is 11.8 Å². The van der Waals surface area contributed by atoms with E-state index in [1.807, 2.05) is 68.4 Å². The zero-order valence-corrected chi connectivity index (χ0v) is 27.1. The minimum atomic E-state index is -4.37. The van der Waals surface area contributed by atoms with Crippen LogP contribution in [0.15, 0.2) is 119 Å². The number of non-ortho nitro benzene ring substituents is 1. The normalized spacial score (nSPS) is 11.9. The summed E-state index contributed by atoms with van der Waals surface area (Å²) in [5.74, 6) is -1.06. The molecule has 0 aliphatic carbocycles. The summed E-state index contributed by atoms with van der Waals surface area (Å²) in [4.78, 5) is 40.4. The van der Waals surface area contributed by atoms with Crippen LogP contribution in [0, 0.1) is 10.1 Å². The van der Waals surface area contributed by atoms with Gasteiger partial charge in [0.15, 0.2) is 0 Å². The van der Waals surface area contributed by atoms with Crippen molar-refractivity contribution in [2.24, 2.45) is 0 Å². The van der Waals surface area contributed by atoms with Gasteiger partial charge in [0.25, 0.3) is 15.7 Å². The summed E-state index contributed by atoms with van der Waals surface area (Å²) in [6, 6.07) is 27.9. The summed E-state index contributed by atoms with van der Waals surface area (Å²) in [6.45, 7) is 2.92. The SMILES string of the molecule is CC(C)NC(=O)[C@@H](Cc1ccccc1)N(Cc1ccc(Br)cc1)C(=O)CN(c1cccc([N+](=O)[O-])c1)S(=O)(=O)c1ccccc1. The molecule has 0 aromatic heterocycles. The van der Waals surface area contributed by atoms with Crippen molar-refractivity contribution in [2.45, 2.75) is 43.8 Å². The molecule has 0 spiro atoms. The molecular formula is C33H33BrN4O6S. The highest BCUT2D eigenvalue weighted by molar-refractivity contribution is 9.10. The molecule has 0 aliphatic heterocycles. The second-order valence-corrected chi connectivity index (χ2v) is 13.4. The number of carbonyl (C=O) groups excluding carboxylic acids is 2. The summed E-state index contributed by atoms with van der Waals surface area (Å²) in [5.41, 5.74) is 1.13. The molecule has 0 fully saturated rings. The van der Waals surface area contributed by atoms with Gasteiger partial charge >= 0.3 is 0 Å². The maximum Gasteiger partial charge on any atom is 0.271 e. The van der Waals surface area contributed by atoms with Gasteiger partial charge in [0, 0.05) is 35.6 Å². The lowest BCUT2D eigenvalue weighted by molar-refractivity contribution is -0.384. The molecule has 45 heavy (non-hydrogen) atoms. The molecule has 0 unspecified atom stereocenters. The van der Waals surface area contributed by atoms with E-state index in [9.17, 15) is 28.1 Å². The molecule has 4 aromatic carbocycles. The third-order valence-electron chi connectivity index (χ3n) is 6.91. The second kappa shape index (κ2) is 15.0. The fourth-order valence-corrected chi connectivity index (χ4v) is 6.42. The van der Waals surface area contributed by atoms with Crippen LogP contribution in [-0.2, 0) is 32.6 Å². The fourth-order valence-electron chi connectivity index (χ4n) is 4.73. The number of nitro benzene ring substituents is 1. The average Bonchev–Trinajstić information content (AvgIpc) is 3.02. The first kappa shape index (κ1) is 33.3. The lowest BCUT2D eigenvalue weighted by Gasteiger charge is -2.34. The topological polar surface area (TPSA) is 130 Å². The van der Waals surface area contributed by atoms with Crippen LogP contribution < -0.4 is 9.62 Å². The van der Waals surface area contributed by atoms with E-state index in [0.29, 0.717) is 0 Å². The van der Waals surface area contributed by atoms with Crippen molar-refractivity contribution < 1.29 is 22.9 Å². The van der Waals surface area contributed by atoms with E-state index in [0.717, 1.165) is 26.0 Å². The van der Waals surface area contributed by atoms with Gasteiger partial charge in [-0.1, -0.05) is 82.7 Å². The molecule has 12 heteroatoms. The molecule has 1 atom stereocenters. The van der Waals surface area contributed by atoms with Gasteiger partial charge in [-0.05, 0) is 55.3 Å². The van der Waals surface area contributed by atoms with Crippen LogP contribution in [0.25, 0.3) is 0 Å². The van der Waals surface area contributed by atoms with Gasteiger partial charge in [-0.25, -0.2) is 8.42 Å². The highest BCUT2D eigenvalue weighted by Crippen LogP contribution is 2.28. The van der Waals surface area contributed by atoms with E-state index < -0.39 is 39.3 Å². The largest absolute Gasteiger partial charge is 0.352 e. The smallest absolute Gasteiger partial charge is 0.271 e. The third-order valence-corrected chi connectivity index (χ3v) is 9.22. The van der Waals surface area contributed by atoms with Crippen molar-refractivity contribution in [3.8, 4) is 0 Å². The molecule has 4 aromatic rings. The molecule has 0 radical (unpaired) electrons. The molecule has 2 amide bonds. The predicted octanol–water partition coefficient (Wildman–Crippen LogP) is 5.72. The molecule has 1 N–H and O–H groups in total. The Morgan fingerprint density at radius 2 is 1.49 bits per heavy atom. The van der Waals surface area contributed by atoms with Crippen LogP contribution >= 0.6 is 15.9 Å². The molecule has 0 aliphatic rings. The summed E-state index contributed by atoms with van der Waals surface area (Å²) < 4.78 is 29.7. The molecule has 0 saturated heterocycles. The highest BCUT2D eigenvalue weighted by atomic mass is 79.9. The fraction of sp³-hybridized carbons (Fsp3) is 0.212. The molecule has 0 bridgehead atoms. The number of carbonyl (C=O) groups is 2. The number of sulfonamides is 1. The molecule has 0 heterocycles. The average molecular weight is 694 g/mol. The van der Waals surface area contributed by atoms with E-state index in [4.69, 9.17) is 0 Å². The summed E-state index contributed by atoms with van der Waals surface area (Å²) in [6.07, 6.45) is 0.171. The number of amides is 2. The van der Waals surface area contributed by atoms with Gasteiger partial charge in [0.1, 0.15) is 12.6 Å². The van der Waals surface area contributed by atoms with Crippen LogP contribution in [0.1, 0.15) is 25.0 Å². The lowest BCUT2D eigenvalue weighted by atomic mass is 10.0. The van der Waals surface area contributed by atoms with Crippen molar-refractivity contribution >= 4 is 49.1 Å². The first-order chi connectivity index (χ1) is 21.5. The third kappa shape index (κ3) is 8.77. The van der Waals surface area contributed by atoms with Crippen LogP contribution in [0.2, 0.25) is 0 Å². The van der Waals surface area contributed by atoms with E-state index in [-0.39, 0.29) is 35.3 Å². The molecule has 4 rings (SSSR count). The minimum Gasteiger partial charge on any atom is -0.352 e. The zero-order chi connectivity index (χ0) is 32.6. The van der Waals surface area contributed by atoms with Crippen molar-refractivity contribution in [3.63, 3.8) is 0 Å². The second-order valence-electron chi connectivity index (χ2n) is 10.6. The number of nitrogens with zero attached hydrogens (tertiary/aromatic N) is 3. The minimum absolute atomic E-state index is 0.00326. The summed E-state index contributed by atoms with van der Waals surface area (Å²) in [7, 11) is -4.37. The molecular weight excluding hydrogens is 660 g/mol. The number of anilines is 1. The quantitative estimate of drug-likeness (QED) is 0.141. The maximum absolute atomic E-state index is 14.4. The van der Waals surface area contributed by atoms with Gasteiger partial charge < -0.3 is 10.2 Å². The Labute approximate surface area is 271 Å². The number of rotatable bonds is 13. The van der Waals surface area contributed by atoms with Crippen molar-refractivity contribution in [2.75, 3.05) is 10.8 Å². The number of halogens is 1. The number of nitro groups is 1. The number of hydrogen-bond acceptors (Lipinski definition) is 6. The van der Waals surface area contributed by atoms with Crippen molar-refractivity contribution in [3.05, 3.63) is 135 Å². The summed E-state index contributed by atoms with van der Waals surface area (Å²) >= 11 is 3.42. The summed E-state index contributed by atoms with van der Waals surface area (Å²) in [5, 5.41) is 14.5. The van der Waals surface area contributed by atoms with Gasteiger partial charge in [-0.2, -0.15) is 0 Å². The Kier molecular flexibility index (Phi) is 11.1. The number of benzene rings is 4. The Hall–Kier alpha value is -4.55. The van der Waals surface area contributed by atoms with Crippen molar-refractivity contribution in [1.82, 2.24) is 10.2 Å². The number of nitrogens with one attached hydrogen (secondary N) is 1. The zero-order valence-electron chi connectivity index (χ0n) is 24.7. The Balaban J connectivity index is 1.82. The molecule has 0 saturated carbocycles. The first-order valence-electron chi connectivity index (χ1n) is 14.2. The molecule has 234 valence electrons. The van der Waals surface area contributed by atoms with E-state index in [1.165, 1.54) is 35.2 Å². The van der Waals surface area contributed by atoms with Gasteiger partial charge in [0.05, 0.1) is 15.5 Å². The lowest BCUT2D eigenvalue weighted by Crippen LogP contribution is -2.54.